The van der Waals surface area contributed by atoms with Crippen LogP contribution in [0.2, 0.25) is 0 Å². The number of carbonyl (C=O) groups excluding carboxylic acids is 3. The lowest BCUT2D eigenvalue weighted by atomic mass is 10.0. The molecule has 0 aliphatic carbocycles. The largest absolute Gasteiger partial charge is 0.456 e. The molecular formula is C30H33N3O7S. The van der Waals surface area contributed by atoms with Crippen LogP contribution in [0.5, 0.6) is 0 Å². The average molecular weight is 580 g/mol. The van der Waals surface area contributed by atoms with E-state index in [1.54, 1.807) is 12.1 Å². The number of sulfonamides is 1. The maximum Gasteiger partial charge on any atom is 0.408 e. The van der Waals surface area contributed by atoms with E-state index in [0.717, 1.165) is 10.9 Å². The molecule has 0 aliphatic heterocycles. The van der Waals surface area contributed by atoms with Crippen molar-refractivity contribution in [3.8, 4) is 0 Å². The highest BCUT2D eigenvalue weighted by Gasteiger charge is 2.27. The first-order valence-corrected chi connectivity index (χ1v) is 14.7. The molecule has 10 nitrogen and oxygen atoms in total. The smallest absolute Gasteiger partial charge is 0.408 e. The van der Waals surface area contributed by atoms with Crippen LogP contribution in [-0.2, 0) is 31.0 Å². The van der Waals surface area contributed by atoms with Crippen LogP contribution in [0.1, 0.15) is 25.8 Å². The monoisotopic (exact) mass is 579 g/mol. The van der Waals surface area contributed by atoms with Crippen molar-refractivity contribution < 1.29 is 32.0 Å². The summed E-state index contributed by atoms with van der Waals surface area (Å²) < 4.78 is 39.2. The number of carbonyl (C=O) groups is 3. The van der Waals surface area contributed by atoms with Crippen molar-refractivity contribution in [3.63, 3.8) is 0 Å². The summed E-state index contributed by atoms with van der Waals surface area (Å²) in [6.07, 6.45) is -0.419. The van der Waals surface area contributed by atoms with E-state index in [0.29, 0.717) is 23.0 Å². The zero-order chi connectivity index (χ0) is 29.6. The van der Waals surface area contributed by atoms with Gasteiger partial charge in [0.1, 0.15) is 23.8 Å². The van der Waals surface area contributed by atoms with Gasteiger partial charge in [0.25, 0.3) is 0 Å². The van der Waals surface area contributed by atoms with Crippen molar-refractivity contribution in [2.24, 2.45) is 5.92 Å². The molecule has 2 N–H and O–H groups in total. The first kappa shape index (κ1) is 29.8. The average Bonchev–Trinajstić information content (AvgIpc) is 3.32. The van der Waals surface area contributed by atoms with Crippen LogP contribution in [0.4, 0.5) is 4.79 Å². The second-order valence-corrected chi connectivity index (χ2v) is 12.0. The van der Waals surface area contributed by atoms with Crippen LogP contribution in [0.15, 0.2) is 82.1 Å². The molecule has 0 spiro atoms. The zero-order valence-electron chi connectivity index (χ0n) is 23.1. The third kappa shape index (κ3) is 7.71. The molecule has 2 amide bonds. The Hall–Kier alpha value is -4.22. The molecule has 1 heterocycles. The van der Waals surface area contributed by atoms with Gasteiger partial charge >= 0.3 is 6.09 Å². The normalized spacial score (nSPS) is 12.4. The summed E-state index contributed by atoms with van der Waals surface area (Å²) in [5.74, 6) is -0.933. The van der Waals surface area contributed by atoms with Crippen LogP contribution in [0.25, 0.3) is 21.9 Å². The lowest BCUT2D eigenvalue weighted by Gasteiger charge is -2.25. The molecule has 0 saturated heterocycles. The summed E-state index contributed by atoms with van der Waals surface area (Å²) in [5, 5.41) is 4.02. The Kier molecular flexibility index (Phi) is 9.41. The number of furan rings is 1. The van der Waals surface area contributed by atoms with Gasteiger partial charge < -0.3 is 19.4 Å². The number of ketones is 1. The van der Waals surface area contributed by atoms with Gasteiger partial charge in [0.15, 0.2) is 5.78 Å². The lowest BCUT2D eigenvalue weighted by Crippen LogP contribution is -2.49. The number of rotatable bonds is 12. The number of fused-ring (bicyclic) bond motifs is 3. The lowest BCUT2D eigenvalue weighted by molar-refractivity contribution is -0.135. The van der Waals surface area contributed by atoms with Gasteiger partial charge in [0.2, 0.25) is 15.9 Å². The van der Waals surface area contributed by atoms with Gasteiger partial charge in [-0.05, 0) is 42.2 Å². The Labute approximate surface area is 238 Å². The number of hydrogen-bond acceptors (Lipinski definition) is 7. The minimum absolute atomic E-state index is 0.0102. The predicted molar refractivity (Wildman–Crippen MR) is 155 cm³/mol. The number of para-hydroxylation sites is 1. The molecule has 216 valence electrons. The highest BCUT2D eigenvalue weighted by Crippen LogP contribution is 2.30. The van der Waals surface area contributed by atoms with Crippen LogP contribution in [0, 0.1) is 5.92 Å². The van der Waals surface area contributed by atoms with Gasteiger partial charge in [0, 0.05) is 17.8 Å². The Morgan fingerprint density at radius 2 is 1.61 bits per heavy atom. The molecule has 0 bridgehead atoms. The van der Waals surface area contributed by atoms with Crippen molar-refractivity contribution in [1.29, 1.82) is 0 Å². The number of Topliss-reactive ketones (excluding diaryl/α,β-unsaturated/α-hetero) is 1. The van der Waals surface area contributed by atoms with Crippen molar-refractivity contribution in [2.75, 3.05) is 20.1 Å². The van der Waals surface area contributed by atoms with Crippen LogP contribution < -0.4 is 10.0 Å². The Bertz CT molecular complexity index is 1650. The molecule has 0 saturated carbocycles. The number of benzene rings is 3. The number of nitrogens with zero attached hydrogens (tertiary/aromatic N) is 1. The standard InChI is InChI=1S/C30H33N3O7S/c1-20(2)15-26(32-30(36)39-19-21-9-5-4-6-10-21)29(35)33(3)18-22(34)17-31-41(37,38)23-13-14-28-25(16-23)24-11-7-8-12-27(24)40-28/h4-14,16,20,26,31H,15,17-19H2,1-3H3,(H,32,36)/t26-/m0/s1. The minimum atomic E-state index is -4.02. The van der Waals surface area contributed by atoms with E-state index in [9.17, 15) is 22.8 Å². The zero-order valence-corrected chi connectivity index (χ0v) is 23.9. The van der Waals surface area contributed by atoms with Crippen LogP contribution >= 0.6 is 0 Å². The summed E-state index contributed by atoms with van der Waals surface area (Å²) in [6.45, 7) is 3.00. The number of nitrogens with one attached hydrogen (secondary N) is 2. The first-order chi connectivity index (χ1) is 19.5. The van der Waals surface area contributed by atoms with E-state index in [1.165, 1.54) is 24.1 Å². The van der Waals surface area contributed by atoms with Crippen LogP contribution in [-0.4, -0.2) is 57.3 Å². The van der Waals surface area contributed by atoms with Gasteiger partial charge in [0.05, 0.1) is 18.0 Å². The molecule has 1 atom stereocenters. The van der Waals surface area contributed by atoms with E-state index in [4.69, 9.17) is 9.15 Å². The second kappa shape index (κ2) is 13.0. The summed E-state index contributed by atoms with van der Waals surface area (Å²) in [4.78, 5) is 39.3. The van der Waals surface area contributed by atoms with E-state index < -0.39 is 40.4 Å². The Morgan fingerprint density at radius 3 is 2.34 bits per heavy atom. The maximum atomic E-state index is 13.1. The molecule has 4 rings (SSSR count). The molecule has 1 aromatic heterocycles. The summed E-state index contributed by atoms with van der Waals surface area (Å²) >= 11 is 0. The first-order valence-electron chi connectivity index (χ1n) is 13.2. The highest BCUT2D eigenvalue weighted by molar-refractivity contribution is 7.89. The molecule has 0 fully saturated rings. The number of likely N-dealkylation sites (N-methyl/N-ethyl adjacent to an activating group) is 1. The second-order valence-electron chi connectivity index (χ2n) is 10.2. The fourth-order valence-electron chi connectivity index (χ4n) is 4.40. The third-order valence-electron chi connectivity index (χ3n) is 6.42. The quantitative estimate of drug-likeness (QED) is 0.256. The molecule has 11 heteroatoms. The van der Waals surface area contributed by atoms with Crippen molar-refractivity contribution >= 4 is 49.7 Å². The van der Waals surface area contributed by atoms with Gasteiger partial charge in [-0.25, -0.2) is 17.9 Å². The number of amides is 2. The van der Waals surface area contributed by atoms with E-state index >= 15 is 0 Å². The molecule has 0 unspecified atom stereocenters. The topological polar surface area (TPSA) is 135 Å². The summed E-state index contributed by atoms with van der Waals surface area (Å²) in [7, 11) is -2.59. The fourth-order valence-corrected chi connectivity index (χ4v) is 5.43. The van der Waals surface area contributed by atoms with E-state index in [2.05, 4.69) is 10.0 Å². The Balaban J connectivity index is 1.34. The van der Waals surface area contributed by atoms with Crippen molar-refractivity contribution in [2.45, 2.75) is 37.8 Å². The van der Waals surface area contributed by atoms with E-state index in [1.807, 2.05) is 62.4 Å². The molecule has 3 aromatic carbocycles. The number of ether oxygens (including phenoxy) is 1. The maximum absolute atomic E-state index is 13.1. The third-order valence-corrected chi connectivity index (χ3v) is 7.82. The number of hydrogen-bond donors (Lipinski definition) is 2. The molecule has 0 radical (unpaired) electrons. The van der Waals surface area contributed by atoms with E-state index in [-0.39, 0.29) is 24.0 Å². The number of alkyl carbamates (subject to hydrolysis) is 1. The van der Waals surface area contributed by atoms with Crippen molar-refractivity contribution in [1.82, 2.24) is 14.9 Å². The molecule has 41 heavy (non-hydrogen) atoms. The minimum Gasteiger partial charge on any atom is -0.456 e. The predicted octanol–water partition coefficient (Wildman–Crippen LogP) is 4.23. The summed E-state index contributed by atoms with van der Waals surface area (Å²) in [5.41, 5.74) is 2.00. The van der Waals surface area contributed by atoms with Gasteiger partial charge in [-0.15, -0.1) is 0 Å². The fraction of sp³-hybridized carbons (Fsp3) is 0.300. The summed E-state index contributed by atoms with van der Waals surface area (Å²) in [6, 6.07) is 20.0. The highest BCUT2D eigenvalue weighted by atomic mass is 32.2. The van der Waals surface area contributed by atoms with Gasteiger partial charge in [-0.2, -0.15) is 0 Å². The van der Waals surface area contributed by atoms with Gasteiger partial charge in [-0.1, -0.05) is 62.4 Å². The van der Waals surface area contributed by atoms with Gasteiger partial charge in [-0.3, -0.25) is 9.59 Å². The molecule has 0 aliphatic rings. The molecule has 4 aromatic rings. The molecular weight excluding hydrogens is 546 g/mol. The SMILES string of the molecule is CC(C)C[C@H](NC(=O)OCc1ccccc1)C(=O)N(C)CC(=O)CNS(=O)(=O)c1ccc2oc3ccccc3c2c1. The Morgan fingerprint density at radius 1 is 0.927 bits per heavy atom. The van der Waals surface area contributed by atoms with Crippen LogP contribution in [0.3, 0.4) is 0 Å². The van der Waals surface area contributed by atoms with Crippen molar-refractivity contribution in [3.05, 3.63) is 78.4 Å².